The summed E-state index contributed by atoms with van der Waals surface area (Å²) in [6.07, 6.45) is 0.557. The number of oxazole rings is 1. The molecule has 0 spiro atoms. The van der Waals surface area contributed by atoms with Crippen LogP contribution in [0, 0.1) is 6.92 Å². The molecule has 0 unspecified atom stereocenters. The summed E-state index contributed by atoms with van der Waals surface area (Å²) in [5.74, 6) is 0.766. The van der Waals surface area contributed by atoms with Crippen LogP contribution in [0.25, 0.3) is 11.1 Å². The molecule has 0 saturated carbocycles. The first kappa shape index (κ1) is 21.8. The van der Waals surface area contributed by atoms with Gasteiger partial charge in [-0.05, 0) is 66.7 Å². The molecule has 0 bridgehead atoms. The number of hydrogen-bond donors (Lipinski definition) is 2. The minimum absolute atomic E-state index is 0.169. The maximum absolute atomic E-state index is 12.6. The van der Waals surface area contributed by atoms with Gasteiger partial charge in [-0.2, -0.15) is 0 Å². The van der Waals surface area contributed by atoms with E-state index >= 15 is 0 Å². The zero-order chi connectivity index (χ0) is 22.7. The van der Waals surface area contributed by atoms with Crippen LogP contribution in [0.15, 0.2) is 65.1 Å². The topological polar surface area (TPSA) is 76.4 Å². The largest absolute Gasteiger partial charge is 0.496 e. The molecule has 6 nitrogen and oxygen atoms in total. The molecule has 0 fully saturated rings. The fraction of sp³-hybridized carbons (Fsp3) is 0.125. The first-order chi connectivity index (χ1) is 15.4. The Hall–Kier alpha value is -3.42. The second-order valence-electron chi connectivity index (χ2n) is 7.16. The summed E-state index contributed by atoms with van der Waals surface area (Å²) >= 11 is 11.2. The van der Waals surface area contributed by atoms with Gasteiger partial charge in [-0.15, -0.1) is 0 Å². The number of anilines is 1. The number of benzene rings is 3. The molecule has 1 heterocycles. The number of hydrogen-bond acceptors (Lipinski definition) is 5. The molecule has 0 aliphatic rings. The molecule has 0 aliphatic carbocycles. The standard InChI is InChI=1S/C24H20ClN3O3S/c1-14-4-3-5-18(22(14)30-2)23(29)28-24(32)26-17-10-11-20-19(13-17)27-21(31-20)12-15-6-8-16(25)9-7-15/h3-11,13H,12H2,1-2H3,(H2,26,28,29,32). The molecule has 8 heteroatoms. The van der Waals surface area contributed by atoms with Gasteiger partial charge < -0.3 is 14.5 Å². The molecule has 32 heavy (non-hydrogen) atoms. The van der Waals surface area contributed by atoms with E-state index in [9.17, 15) is 4.79 Å². The van der Waals surface area contributed by atoms with E-state index in [-0.39, 0.29) is 11.0 Å². The molecular weight excluding hydrogens is 446 g/mol. The van der Waals surface area contributed by atoms with E-state index < -0.39 is 0 Å². The number of methoxy groups -OCH3 is 1. The Kier molecular flexibility index (Phi) is 6.39. The number of carbonyl (C=O) groups excluding carboxylic acids is 1. The van der Waals surface area contributed by atoms with E-state index in [1.807, 2.05) is 55.5 Å². The van der Waals surface area contributed by atoms with Crippen LogP contribution >= 0.6 is 23.8 Å². The third-order valence-corrected chi connectivity index (χ3v) is 5.30. The second-order valence-corrected chi connectivity index (χ2v) is 8.00. The summed E-state index contributed by atoms with van der Waals surface area (Å²) in [6, 6.07) is 18.3. The minimum Gasteiger partial charge on any atom is -0.496 e. The summed E-state index contributed by atoms with van der Waals surface area (Å²) in [5.41, 5.74) is 4.37. The Morgan fingerprint density at radius 1 is 1.16 bits per heavy atom. The van der Waals surface area contributed by atoms with E-state index in [0.29, 0.717) is 45.4 Å². The number of para-hydroxylation sites is 1. The molecule has 0 saturated heterocycles. The Bertz CT molecular complexity index is 1300. The number of fused-ring (bicyclic) bond motifs is 1. The summed E-state index contributed by atoms with van der Waals surface area (Å²) in [5, 5.41) is 6.55. The van der Waals surface area contributed by atoms with Crippen molar-refractivity contribution in [1.82, 2.24) is 10.3 Å². The van der Waals surface area contributed by atoms with Gasteiger partial charge in [0.2, 0.25) is 0 Å². The van der Waals surface area contributed by atoms with Crippen LogP contribution in [0.4, 0.5) is 5.69 Å². The average Bonchev–Trinajstić information content (AvgIpc) is 3.16. The number of halogens is 1. The van der Waals surface area contributed by atoms with Crippen LogP contribution in [-0.2, 0) is 6.42 Å². The van der Waals surface area contributed by atoms with Gasteiger partial charge in [0, 0.05) is 17.1 Å². The van der Waals surface area contributed by atoms with E-state index in [0.717, 1.165) is 11.1 Å². The highest BCUT2D eigenvalue weighted by Crippen LogP contribution is 2.24. The van der Waals surface area contributed by atoms with Crippen molar-refractivity contribution in [3.05, 3.63) is 88.3 Å². The number of nitrogens with one attached hydrogen (secondary N) is 2. The third kappa shape index (κ3) is 4.90. The van der Waals surface area contributed by atoms with Gasteiger partial charge in [0.05, 0.1) is 12.7 Å². The fourth-order valence-corrected chi connectivity index (χ4v) is 3.68. The van der Waals surface area contributed by atoms with Crippen LogP contribution in [-0.4, -0.2) is 23.1 Å². The van der Waals surface area contributed by atoms with Gasteiger partial charge >= 0.3 is 0 Å². The summed E-state index contributed by atoms with van der Waals surface area (Å²) in [7, 11) is 1.53. The molecule has 0 radical (unpaired) electrons. The molecule has 4 aromatic rings. The lowest BCUT2D eigenvalue weighted by Crippen LogP contribution is -2.34. The Labute approximate surface area is 195 Å². The Balaban J connectivity index is 1.44. The van der Waals surface area contributed by atoms with E-state index in [1.165, 1.54) is 7.11 Å². The Morgan fingerprint density at radius 2 is 1.94 bits per heavy atom. The van der Waals surface area contributed by atoms with Crippen molar-refractivity contribution in [2.75, 3.05) is 12.4 Å². The van der Waals surface area contributed by atoms with E-state index in [4.69, 9.17) is 33.0 Å². The minimum atomic E-state index is -0.351. The van der Waals surface area contributed by atoms with Gasteiger partial charge in [0.1, 0.15) is 11.3 Å². The number of aryl methyl sites for hydroxylation is 1. The van der Waals surface area contributed by atoms with Crippen molar-refractivity contribution in [1.29, 1.82) is 0 Å². The molecule has 3 aromatic carbocycles. The number of amides is 1. The zero-order valence-corrected chi connectivity index (χ0v) is 19.0. The van der Waals surface area contributed by atoms with E-state index in [1.54, 1.807) is 12.1 Å². The lowest BCUT2D eigenvalue weighted by atomic mass is 10.1. The van der Waals surface area contributed by atoms with Crippen LogP contribution in [0.5, 0.6) is 5.75 Å². The molecule has 0 atom stereocenters. The maximum atomic E-state index is 12.6. The lowest BCUT2D eigenvalue weighted by Gasteiger charge is -2.13. The van der Waals surface area contributed by atoms with E-state index in [2.05, 4.69) is 15.6 Å². The van der Waals surface area contributed by atoms with Gasteiger partial charge in [-0.3, -0.25) is 10.1 Å². The van der Waals surface area contributed by atoms with Gasteiger partial charge in [0.15, 0.2) is 16.6 Å². The van der Waals surface area contributed by atoms with Crippen molar-refractivity contribution in [3.8, 4) is 5.75 Å². The van der Waals surface area contributed by atoms with Crippen molar-refractivity contribution >= 4 is 51.6 Å². The number of nitrogens with zero attached hydrogens (tertiary/aromatic N) is 1. The number of ether oxygens (including phenoxy) is 1. The van der Waals surface area contributed by atoms with Gasteiger partial charge in [0.25, 0.3) is 5.91 Å². The highest BCUT2D eigenvalue weighted by Gasteiger charge is 2.15. The number of carbonyl (C=O) groups is 1. The normalized spacial score (nSPS) is 10.7. The SMILES string of the molecule is COc1c(C)cccc1C(=O)NC(=S)Nc1ccc2oc(Cc3ccc(Cl)cc3)nc2c1. The monoisotopic (exact) mass is 465 g/mol. The number of aromatic nitrogens is 1. The van der Waals surface area contributed by atoms with Crippen molar-refractivity contribution < 1.29 is 13.9 Å². The molecule has 4 rings (SSSR count). The molecule has 162 valence electrons. The first-order valence-electron chi connectivity index (χ1n) is 9.83. The van der Waals surface area contributed by atoms with Crippen LogP contribution in [0.1, 0.15) is 27.4 Å². The molecular formula is C24H20ClN3O3S. The van der Waals surface area contributed by atoms with Crippen LogP contribution in [0.2, 0.25) is 5.02 Å². The smallest absolute Gasteiger partial charge is 0.261 e. The number of thiocarbonyl (C=S) groups is 1. The van der Waals surface area contributed by atoms with Crippen LogP contribution < -0.4 is 15.4 Å². The van der Waals surface area contributed by atoms with Gasteiger partial charge in [-0.1, -0.05) is 35.9 Å². The predicted octanol–water partition coefficient (Wildman–Crippen LogP) is 5.52. The lowest BCUT2D eigenvalue weighted by molar-refractivity contribution is 0.0974. The maximum Gasteiger partial charge on any atom is 0.261 e. The molecule has 1 amide bonds. The Morgan fingerprint density at radius 3 is 2.69 bits per heavy atom. The average molecular weight is 466 g/mol. The second kappa shape index (κ2) is 9.38. The molecule has 1 aromatic heterocycles. The summed E-state index contributed by atoms with van der Waals surface area (Å²) in [4.78, 5) is 17.2. The van der Waals surface area contributed by atoms with Crippen LogP contribution in [0.3, 0.4) is 0 Å². The highest BCUT2D eigenvalue weighted by molar-refractivity contribution is 7.80. The predicted molar refractivity (Wildman–Crippen MR) is 130 cm³/mol. The third-order valence-electron chi connectivity index (χ3n) is 4.85. The van der Waals surface area contributed by atoms with Gasteiger partial charge in [-0.25, -0.2) is 4.98 Å². The summed E-state index contributed by atoms with van der Waals surface area (Å²) in [6.45, 7) is 1.88. The van der Waals surface area contributed by atoms with Crippen molar-refractivity contribution in [2.45, 2.75) is 13.3 Å². The van der Waals surface area contributed by atoms with Crippen molar-refractivity contribution in [2.24, 2.45) is 0 Å². The molecule has 0 aliphatic heterocycles. The number of rotatable bonds is 5. The fourth-order valence-electron chi connectivity index (χ4n) is 3.34. The zero-order valence-electron chi connectivity index (χ0n) is 17.4. The quantitative estimate of drug-likeness (QED) is 0.378. The van der Waals surface area contributed by atoms with Crippen molar-refractivity contribution in [3.63, 3.8) is 0 Å². The molecule has 2 N–H and O–H groups in total. The summed E-state index contributed by atoms with van der Waals surface area (Å²) < 4.78 is 11.2. The highest BCUT2D eigenvalue weighted by atomic mass is 35.5. The first-order valence-corrected chi connectivity index (χ1v) is 10.6.